The van der Waals surface area contributed by atoms with Gasteiger partial charge in [0, 0.05) is 5.75 Å². The topological polar surface area (TPSA) is 57.7 Å². The molecule has 0 unspecified atom stereocenters. The maximum atomic E-state index is 9.11. The number of hydrogen-bond donors (Lipinski definition) is 0. The maximum Gasteiger partial charge on any atom is 0.191 e. The van der Waals surface area contributed by atoms with Crippen molar-refractivity contribution >= 4 is 11.8 Å². The van der Waals surface area contributed by atoms with Crippen LogP contribution in [0.4, 0.5) is 0 Å². The molecule has 0 saturated carbocycles. The molecule has 1 aromatic heterocycles. The van der Waals surface area contributed by atoms with E-state index in [9.17, 15) is 0 Å². The molecule has 0 spiro atoms. The number of thioether (sulfide) groups is 1. The maximum absolute atomic E-state index is 9.11. The van der Waals surface area contributed by atoms with E-state index in [1.54, 1.807) is 11.8 Å². The molecule has 1 aliphatic heterocycles. The van der Waals surface area contributed by atoms with Crippen molar-refractivity contribution in [2.24, 2.45) is 0 Å². The lowest BCUT2D eigenvalue weighted by molar-refractivity contribution is 0.316. The number of benzene rings is 2. The first kappa shape index (κ1) is 18.7. The zero-order valence-corrected chi connectivity index (χ0v) is 16.6. The molecule has 0 aliphatic carbocycles. The number of rotatable bonds is 7. The van der Waals surface area contributed by atoms with Crippen molar-refractivity contribution in [3.63, 3.8) is 0 Å². The van der Waals surface area contributed by atoms with Gasteiger partial charge >= 0.3 is 0 Å². The Hall–Kier alpha value is -2.62. The predicted molar refractivity (Wildman–Crippen MR) is 111 cm³/mol. The van der Waals surface area contributed by atoms with E-state index >= 15 is 0 Å². The SMILES string of the molecule is N#Cc1cccc(CSc2nnc(CN3CCCC3)n2Cc2ccccc2)c1. The standard InChI is InChI=1S/C22H23N5S/c23-14-19-9-6-10-20(13-19)17-28-22-25-24-21(16-26-11-4-5-12-26)27(22)15-18-7-2-1-3-8-18/h1-3,6-10,13H,4-5,11-12,15-17H2. The van der Waals surface area contributed by atoms with Crippen molar-refractivity contribution in [3.05, 3.63) is 77.1 Å². The van der Waals surface area contributed by atoms with Crippen molar-refractivity contribution in [2.75, 3.05) is 13.1 Å². The Morgan fingerprint density at radius 2 is 1.71 bits per heavy atom. The number of likely N-dealkylation sites (tertiary alicyclic amines) is 1. The molecule has 0 bridgehead atoms. The zero-order valence-electron chi connectivity index (χ0n) is 15.8. The van der Waals surface area contributed by atoms with Gasteiger partial charge in [-0.1, -0.05) is 54.2 Å². The second-order valence-electron chi connectivity index (χ2n) is 7.05. The van der Waals surface area contributed by atoms with Crippen LogP contribution in [0.3, 0.4) is 0 Å². The van der Waals surface area contributed by atoms with Crippen molar-refractivity contribution in [1.82, 2.24) is 19.7 Å². The largest absolute Gasteiger partial charge is 0.300 e. The van der Waals surface area contributed by atoms with Gasteiger partial charge in [-0.2, -0.15) is 5.26 Å². The fourth-order valence-electron chi connectivity index (χ4n) is 3.49. The highest BCUT2D eigenvalue weighted by atomic mass is 32.2. The fourth-order valence-corrected chi connectivity index (χ4v) is 4.39. The fraction of sp³-hybridized carbons (Fsp3) is 0.318. The highest BCUT2D eigenvalue weighted by molar-refractivity contribution is 7.98. The van der Waals surface area contributed by atoms with Crippen LogP contribution in [0.1, 0.15) is 35.4 Å². The van der Waals surface area contributed by atoms with Crippen LogP contribution in [0.15, 0.2) is 59.8 Å². The van der Waals surface area contributed by atoms with E-state index in [0.717, 1.165) is 48.5 Å². The molecule has 6 heteroatoms. The minimum absolute atomic E-state index is 0.693. The number of aromatic nitrogens is 3. The van der Waals surface area contributed by atoms with Gasteiger partial charge in [0.25, 0.3) is 0 Å². The van der Waals surface area contributed by atoms with Crippen LogP contribution in [-0.2, 0) is 18.8 Å². The Labute approximate surface area is 170 Å². The summed E-state index contributed by atoms with van der Waals surface area (Å²) < 4.78 is 2.24. The first-order valence-corrected chi connectivity index (χ1v) is 10.6. The molecule has 0 radical (unpaired) electrons. The lowest BCUT2D eigenvalue weighted by Gasteiger charge is -2.16. The summed E-state index contributed by atoms with van der Waals surface area (Å²) in [7, 11) is 0. The summed E-state index contributed by atoms with van der Waals surface area (Å²) in [5.41, 5.74) is 3.07. The summed E-state index contributed by atoms with van der Waals surface area (Å²) in [6.45, 7) is 3.91. The molecule has 5 nitrogen and oxygen atoms in total. The van der Waals surface area contributed by atoms with Crippen LogP contribution in [0.25, 0.3) is 0 Å². The molecule has 28 heavy (non-hydrogen) atoms. The summed E-state index contributed by atoms with van der Waals surface area (Å²) in [5, 5.41) is 19.1. The van der Waals surface area contributed by atoms with Crippen LogP contribution in [0, 0.1) is 11.3 Å². The Bertz CT molecular complexity index is 955. The van der Waals surface area contributed by atoms with Crippen LogP contribution >= 0.6 is 11.8 Å². The van der Waals surface area contributed by atoms with E-state index in [1.807, 2.05) is 24.3 Å². The molecule has 3 aromatic rings. The molecular formula is C22H23N5S. The molecule has 4 rings (SSSR count). The van der Waals surface area contributed by atoms with E-state index < -0.39 is 0 Å². The third kappa shape index (κ3) is 4.61. The van der Waals surface area contributed by atoms with Crippen molar-refractivity contribution in [3.8, 4) is 6.07 Å². The Balaban J connectivity index is 1.54. The third-order valence-corrected chi connectivity index (χ3v) is 6.00. The molecule has 1 fully saturated rings. The van der Waals surface area contributed by atoms with Crippen LogP contribution in [0.2, 0.25) is 0 Å². The van der Waals surface area contributed by atoms with Gasteiger partial charge in [0.15, 0.2) is 5.16 Å². The molecule has 0 amide bonds. The highest BCUT2D eigenvalue weighted by Crippen LogP contribution is 2.24. The summed E-state index contributed by atoms with van der Waals surface area (Å²) in [6, 6.07) is 20.4. The van der Waals surface area contributed by atoms with Gasteiger partial charge in [-0.3, -0.25) is 4.90 Å². The van der Waals surface area contributed by atoms with Gasteiger partial charge < -0.3 is 4.57 Å². The lowest BCUT2D eigenvalue weighted by atomic mass is 10.2. The van der Waals surface area contributed by atoms with Gasteiger partial charge in [0.1, 0.15) is 5.82 Å². The minimum atomic E-state index is 0.693. The highest BCUT2D eigenvalue weighted by Gasteiger charge is 2.18. The zero-order chi connectivity index (χ0) is 19.2. The van der Waals surface area contributed by atoms with Crippen LogP contribution in [-0.4, -0.2) is 32.8 Å². The first-order chi connectivity index (χ1) is 13.8. The summed E-state index contributed by atoms with van der Waals surface area (Å²) in [5.74, 6) is 1.80. The Morgan fingerprint density at radius 3 is 2.50 bits per heavy atom. The average molecular weight is 390 g/mol. The van der Waals surface area contributed by atoms with Crippen molar-refractivity contribution < 1.29 is 0 Å². The van der Waals surface area contributed by atoms with Crippen molar-refractivity contribution in [1.29, 1.82) is 5.26 Å². The summed E-state index contributed by atoms with van der Waals surface area (Å²) in [4.78, 5) is 2.45. The van der Waals surface area contributed by atoms with E-state index in [0.29, 0.717) is 5.56 Å². The number of nitrogens with zero attached hydrogens (tertiary/aromatic N) is 5. The van der Waals surface area contributed by atoms with Gasteiger partial charge in [0.05, 0.1) is 24.7 Å². The summed E-state index contributed by atoms with van der Waals surface area (Å²) >= 11 is 1.68. The van der Waals surface area contributed by atoms with E-state index in [2.05, 4.69) is 56.1 Å². The quantitative estimate of drug-likeness (QED) is 0.570. The van der Waals surface area contributed by atoms with E-state index in [-0.39, 0.29) is 0 Å². The number of hydrogen-bond acceptors (Lipinski definition) is 5. The summed E-state index contributed by atoms with van der Waals surface area (Å²) in [6.07, 6.45) is 2.54. The molecule has 1 aliphatic rings. The first-order valence-electron chi connectivity index (χ1n) is 9.62. The molecule has 2 heterocycles. The van der Waals surface area contributed by atoms with Gasteiger partial charge in [-0.25, -0.2) is 0 Å². The average Bonchev–Trinajstić information content (AvgIpc) is 3.38. The second-order valence-corrected chi connectivity index (χ2v) is 8.00. The molecular weight excluding hydrogens is 366 g/mol. The normalized spacial score (nSPS) is 14.2. The van der Waals surface area contributed by atoms with Crippen LogP contribution in [0.5, 0.6) is 0 Å². The van der Waals surface area contributed by atoms with Gasteiger partial charge in [-0.15, -0.1) is 10.2 Å². The van der Waals surface area contributed by atoms with Crippen LogP contribution < -0.4 is 0 Å². The molecule has 2 aromatic carbocycles. The number of nitriles is 1. The van der Waals surface area contributed by atoms with E-state index in [4.69, 9.17) is 5.26 Å². The lowest BCUT2D eigenvalue weighted by Crippen LogP contribution is -2.21. The van der Waals surface area contributed by atoms with Crippen molar-refractivity contribution in [2.45, 2.75) is 36.8 Å². The Kier molecular flexibility index (Phi) is 6.05. The minimum Gasteiger partial charge on any atom is -0.300 e. The second kappa shape index (κ2) is 9.05. The Morgan fingerprint density at radius 1 is 0.929 bits per heavy atom. The molecule has 142 valence electrons. The monoisotopic (exact) mass is 389 g/mol. The third-order valence-electron chi connectivity index (χ3n) is 4.96. The molecule has 0 N–H and O–H groups in total. The van der Waals surface area contributed by atoms with Gasteiger partial charge in [0.2, 0.25) is 0 Å². The molecule has 1 saturated heterocycles. The predicted octanol–water partition coefficient (Wildman–Crippen LogP) is 4.09. The van der Waals surface area contributed by atoms with Gasteiger partial charge in [-0.05, 0) is 49.2 Å². The van der Waals surface area contributed by atoms with E-state index in [1.165, 1.54) is 18.4 Å². The smallest absolute Gasteiger partial charge is 0.191 e. The molecule has 0 atom stereocenters.